The number of likely N-dealkylation sites (N-methyl/N-ethyl adjacent to an activating group) is 1. The molecule has 10 atom stereocenters. The number of hydrogen-bond donors (Lipinski definition) is 11. The highest BCUT2D eigenvalue weighted by Gasteiger charge is 2.46. The van der Waals surface area contributed by atoms with Crippen molar-refractivity contribution in [2.24, 2.45) is 34.2 Å². The van der Waals surface area contributed by atoms with E-state index in [-0.39, 0.29) is 75.0 Å². The molecule has 2 fully saturated rings. The van der Waals surface area contributed by atoms with E-state index in [0.717, 1.165) is 9.80 Å². The molecule has 1 aromatic carbocycles. The van der Waals surface area contributed by atoms with E-state index in [4.69, 9.17) is 20.8 Å². The van der Waals surface area contributed by atoms with Crippen LogP contribution in [0.3, 0.4) is 0 Å². The first kappa shape index (κ1) is 60.1. The summed E-state index contributed by atoms with van der Waals surface area (Å²) in [6, 6.07) is -4.81. The number of piperidine rings is 1. The predicted molar refractivity (Wildman–Crippen MR) is 257 cm³/mol. The fourth-order valence-electron chi connectivity index (χ4n) is 8.05. The van der Waals surface area contributed by atoms with Gasteiger partial charge in [0.15, 0.2) is 12.1 Å². The molecule has 26 nitrogen and oxygen atoms in total. The maximum atomic E-state index is 14.8. The van der Waals surface area contributed by atoms with Crippen molar-refractivity contribution < 1.29 is 75.6 Å². The van der Waals surface area contributed by atoms with Crippen LogP contribution in [0, 0.1) is 17.8 Å². The van der Waals surface area contributed by atoms with Gasteiger partial charge in [-0.3, -0.25) is 43.1 Å². The number of phenolic OH excluding ortho intramolecular Hbond substituents is 1. The number of fused-ring (bicyclic) bond motifs is 2. The maximum absolute atomic E-state index is 14.8. The highest BCUT2D eigenvalue weighted by atomic mass is 32.3. The number of benzene rings is 1. The monoisotopic (exact) mass is 1040 g/mol. The average Bonchev–Trinajstić information content (AvgIpc) is 3.28. The molecule has 0 spiro atoms. The number of cyclic esters (lactones) is 1. The lowest BCUT2D eigenvalue weighted by Gasteiger charge is -2.43. The van der Waals surface area contributed by atoms with Crippen molar-refractivity contribution in [2.45, 2.75) is 154 Å². The molecule has 0 aromatic heterocycles. The highest BCUT2D eigenvalue weighted by Crippen LogP contribution is 2.27. The Bertz CT molecular complexity index is 2230. The lowest BCUT2D eigenvalue weighted by molar-refractivity contribution is -0.166. The second kappa shape index (κ2) is 27.0. The van der Waals surface area contributed by atoms with Crippen molar-refractivity contribution in [1.29, 1.82) is 0 Å². The predicted octanol–water partition coefficient (Wildman–Crippen LogP) is -2.58. The number of ether oxygens (including phenoxy) is 1. The van der Waals surface area contributed by atoms with E-state index in [9.17, 15) is 62.1 Å². The first-order chi connectivity index (χ1) is 33.5. The average molecular weight is 1040 g/mol. The van der Waals surface area contributed by atoms with Gasteiger partial charge in [-0.15, -0.1) is 0 Å². The Morgan fingerprint density at radius 3 is 2.11 bits per heavy atom. The van der Waals surface area contributed by atoms with Crippen LogP contribution in [0.4, 0.5) is 0 Å². The van der Waals surface area contributed by atoms with Gasteiger partial charge in [0.1, 0.15) is 67.0 Å². The molecular weight excluding hydrogens is 969 g/mol. The molecule has 2 saturated heterocycles. The normalized spacial score (nSPS) is 25.0. The van der Waals surface area contributed by atoms with Crippen molar-refractivity contribution in [3.63, 3.8) is 0 Å². The number of carbonyl (C=O) groups is 8. The fourth-order valence-corrected chi connectivity index (χ4v) is 8.36. The zero-order valence-electron chi connectivity index (χ0n) is 41.8. The van der Waals surface area contributed by atoms with Crippen LogP contribution in [0.5, 0.6) is 5.75 Å². The summed E-state index contributed by atoms with van der Waals surface area (Å²) in [7, 11) is -3.75. The summed E-state index contributed by atoms with van der Waals surface area (Å²) in [5.41, 5.74) is 11.5. The first-order valence-electron chi connectivity index (χ1n) is 23.6. The van der Waals surface area contributed by atoms with E-state index in [1.54, 1.807) is 41.5 Å². The third kappa shape index (κ3) is 18.2. The smallest absolute Gasteiger partial charge is 0.397 e. The van der Waals surface area contributed by atoms with E-state index in [2.05, 4.69) is 35.8 Å². The minimum absolute atomic E-state index is 0.000346. The molecule has 72 heavy (non-hydrogen) atoms. The number of amides is 7. The van der Waals surface area contributed by atoms with Crippen LogP contribution in [0.15, 0.2) is 29.3 Å². The number of nitrogens with one attached hydrogen (secondary N) is 5. The molecule has 1 aromatic rings. The van der Waals surface area contributed by atoms with Crippen LogP contribution in [0.25, 0.3) is 0 Å². The molecule has 0 saturated carbocycles. The van der Waals surface area contributed by atoms with E-state index in [1.807, 2.05) is 0 Å². The Balaban J connectivity index is 2.24. The van der Waals surface area contributed by atoms with Crippen LogP contribution in [0.1, 0.15) is 92.6 Å². The highest BCUT2D eigenvalue weighted by molar-refractivity contribution is 7.80. The lowest BCUT2D eigenvalue weighted by atomic mass is 9.94. The van der Waals surface area contributed by atoms with E-state index >= 15 is 0 Å². The molecule has 0 unspecified atom stereocenters. The van der Waals surface area contributed by atoms with Gasteiger partial charge in [0.25, 0.3) is 5.91 Å². The number of nitrogens with zero attached hydrogens (tertiary/aromatic N) is 3. The van der Waals surface area contributed by atoms with Crippen LogP contribution >= 0.6 is 0 Å². The molecule has 7 amide bonds. The quantitative estimate of drug-likeness (QED) is 0.0236. The molecule has 2 heterocycles. The number of rotatable bonds is 18. The molecule has 2 aliphatic heterocycles. The van der Waals surface area contributed by atoms with Crippen LogP contribution in [-0.2, 0) is 64.1 Å². The van der Waals surface area contributed by atoms with Gasteiger partial charge in [-0.25, -0.2) is 8.98 Å². The van der Waals surface area contributed by atoms with Crippen molar-refractivity contribution in [3.8, 4) is 5.75 Å². The summed E-state index contributed by atoms with van der Waals surface area (Å²) in [5, 5.41) is 44.2. The minimum atomic E-state index is -5.08. The number of guanidine groups is 1. The number of aliphatic hydroxyl groups excluding tert-OH is 2. The van der Waals surface area contributed by atoms with E-state index < -0.39 is 131 Å². The Hall–Kier alpha value is -6.16. The van der Waals surface area contributed by atoms with Crippen molar-refractivity contribution in [2.75, 3.05) is 20.2 Å². The van der Waals surface area contributed by atoms with Gasteiger partial charge in [-0.2, -0.15) is 8.42 Å². The summed E-state index contributed by atoms with van der Waals surface area (Å²) in [6.45, 7) is 10.00. The van der Waals surface area contributed by atoms with Crippen molar-refractivity contribution >= 4 is 63.7 Å². The Kier molecular flexibility index (Phi) is 22.6. The van der Waals surface area contributed by atoms with Gasteiger partial charge in [0.2, 0.25) is 35.4 Å². The second-order valence-corrected chi connectivity index (χ2v) is 20.2. The first-order valence-corrected chi connectivity index (χ1v) is 25.0. The molecule has 3 rings (SSSR count). The Morgan fingerprint density at radius 2 is 1.54 bits per heavy atom. The third-order valence-corrected chi connectivity index (χ3v) is 12.3. The molecular formula is C45H72N10O16S. The number of phenols is 1. The summed E-state index contributed by atoms with van der Waals surface area (Å²) in [5.74, 6) is -9.72. The zero-order chi connectivity index (χ0) is 54.4. The molecule has 0 aliphatic carbocycles. The van der Waals surface area contributed by atoms with Crippen LogP contribution in [-0.4, -0.2) is 172 Å². The van der Waals surface area contributed by atoms with E-state index in [1.165, 1.54) is 38.2 Å². The van der Waals surface area contributed by atoms with Gasteiger partial charge in [0, 0.05) is 20.0 Å². The van der Waals surface area contributed by atoms with Gasteiger partial charge in [-0.1, -0.05) is 53.7 Å². The molecule has 27 heteroatoms. The number of nitrogens with two attached hydrogens (primary N) is 2. The van der Waals surface area contributed by atoms with Gasteiger partial charge < -0.3 is 67.9 Å². The topological polar surface area (TPSA) is 401 Å². The van der Waals surface area contributed by atoms with Gasteiger partial charge in [-0.05, 0) is 80.9 Å². The second-order valence-electron chi connectivity index (χ2n) is 19.1. The number of hydrogen-bond acceptors (Lipinski definition) is 16. The molecule has 0 radical (unpaired) electrons. The molecule has 2 bridgehead atoms. The zero-order valence-corrected chi connectivity index (χ0v) is 42.6. The summed E-state index contributed by atoms with van der Waals surface area (Å²) in [6.07, 6.45) is -6.03. The third-order valence-electron chi connectivity index (χ3n) is 11.9. The minimum Gasteiger partial charge on any atom is -0.508 e. The number of carbonyl (C=O) groups excluding carboxylic acids is 8. The summed E-state index contributed by atoms with van der Waals surface area (Å²) >= 11 is 0. The van der Waals surface area contributed by atoms with E-state index in [0.29, 0.717) is 5.56 Å². The Morgan fingerprint density at radius 1 is 0.903 bits per heavy atom. The SMILES string of the molecule is CC(C)C[C@@H](NC(=O)[C@H](O)COS(=O)(=O)O)C(=O)N[C@@H]1C(=O)N[C@@H](CCCN=C(N)N)C(=O)N[C@H]2CC[C@@H](O)N(C2=O)[C@@H](CC(C)C)C(=O)N(C)[C@@H](Cc2ccc(O)cc2)C(=O)N[C@@H](C(C)C)C(=O)O[C@@H]1C. The standard InChI is InChI=1S/C45H72N10O16S/c1-22(2)18-30(51-40(62)33(57)21-70-72(67,68)69)38(60)53-36-25(7)71-44(66)35(24(5)6)52-39(61)31(20-26-11-13-27(56)14-12-26)54(8)43(65)32(19-23(3)4)55-34(58)16-15-29(42(55)64)50-37(59)28(49-41(36)63)10-9-17-48-45(46)47/h11-14,22-25,28-36,56-58H,9-10,15-21H2,1-8H3,(H,49,63)(H,50,59)(H,51,62)(H,52,61)(H,53,60)(H4,46,47,48)(H,67,68,69)/t25-,28+,29+,30-,31+,32+,33-,34-,35+,36+/m1/s1. The van der Waals surface area contributed by atoms with Crippen molar-refractivity contribution in [1.82, 2.24) is 36.4 Å². The van der Waals surface area contributed by atoms with Gasteiger partial charge >= 0.3 is 16.4 Å². The number of aromatic hydroxyl groups is 1. The Labute approximate surface area is 418 Å². The molecule has 404 valence electrons. The maximum Gasteiger partial charge on any atom is 0.397 e. The number of esters is 1. The number of aliphatic imine (C=N–C) groups is 1. The molecule has 13 N–H and O–H groups in total. The van der Waals surface area contributed by atoms with Crippen LogP contribution < -0.4 is 38.1 Å². The fraction of sp³-hybridized carbons (Fsp3) is 0.667. The lowest BCUT2D eigenvalue weighted by Crippen LogP contribution is -2.65. The largest absolute Gasteiger partial charge is 0.508 e. The summed E-state index contributed by atoms with van der Waals surface area (Å²) in [4.78, 5) is 120. The van der Waals surface area contributed by atoms with Crippen molar-refractivity contribution in [3.05, 3.63) is 29.8 Å². The molecule has 2 aliphatic rings. The van der Waals surface area contributed by atoms with Crippen LogP contribution in [0.2, 0.25) is 0 Å². The summed E-state index contributed by atoms with van der Waals surface area (Å²) < 4.78 is 41.0. The van der Waals surface area contributed by atoms with Gasteiger partial charge in [0.05, 0.1) is 0 Å². The number of aliphatic hydroxyl groups is 2.